The van der Waals surface area contributed by atoms with Gasteiger partial charge in [0.25, 0.3) is 10.0 Å². The van der Waals surface area contributed by atoms with Gasteiger partial charge in [-0.25, -0.2) is 4.98 Å². The van der Waals surface area contributed by atoms with E-state index in [2.05, 4.69) is 14.7 Å². The van der Waals surface area contributed by atoms with E-state index in [1.54, 1.807) is 18.5 Å². The van der Waals surface area contributed by atoms with Crippen molar-refractivity contribution in [3.05, 3.63) is 54.9 Å². The molecule has 1 fully saturated rings. The number of rotatable bonds is 6. The van der Waals surface area contributed by atoms with Gasteiger partial charge in [0.15, 0.2) is 0 Å². The molecule has 1 saturated heterocycles. The van der Waals surface area contributed by atoms with Crippen molar-refractivity contribution in [2.45, 2.75) is 43.5 Å². The third-order valence-electron chi connectivity index (χ3n) is 5.58. The number of carbonyl (C=O) groups excluding carboxylic acids is 1. The van der Waals surface area contributed by atoms with Crippen molar-refractivity contribution in [2.24, 2.45) is 4.40 Å². The average Bonchev–Trinajstić information content (AvgIpc) is 3.09. The smallest absolute Gasteiger partial charge is 0.284 e. The maximum absolute atomic E-state index is 12.9. The highest BCUT2D eigenvalue weighted by Gasteiger charge is 2.19. The lowest BCUT2D eigenvalue weighted by Gasteiger charge is -2.17. The first-order valence-corrected chi connectivity index (χ1v) is 12.2. The van der Waals surface area contributed by atoms with Crippen LogP contribution in [0, 0.1) is 0 Å². The van der Waals surface area contributed by atoms with Crippen LogP contribution in [-0.4, -0.2) is 48.2 Å². The van der Waals surface area contributed by atoms with Gasteiger partial charge in [0, 0.05) is 38.7 Å². The Hall–Kier alpha value is -3.20. The van der Waals surface area contributed by atoms with Crippen molar-refractivity contribution in [2.75, 3.05) is 18.9 Å². The lowest BCUT2D eigenvalue weighted by Crippen LogP contribution is -2.26. The van der Waals surface area contributed by atoms with Crippen LogP contribution in [0.3, 0.4) is 0 Å². The second-order valence-corrected chi connectivity index (χ2v) is 9.57. The normalized spacial score (nSPS) is 16.3. The Balaban J connectivity index is 1.43. The molecule has 1 aromatic heterocycles. The third-order valence-corrected chi connectivity index (χ3v) is 6.88. The molecule has 0 saturated carbocycles. The fraction of sp³-hybridized carbons (Fsp3) is 0.348. The molecule has 2 aromatic carbocycles. The van der Waals surface area contributed by atoms with Crippen LogP contribution in [0.2, 0.25) is 0 Å². The van der Waals surface area contributed by atoms with Gasteiger partial charge < -0.3 is 14.8 Å². The fourth-order valence-electron chi connectivity index (χ4n) is 3.80. The molecule has 168 valence electrons. The summed E-state index contributed by atoms with van der Waals surface area (Å²) in [5.74, 6) is 0.386. The van der Waals surface area contributed by atoms with Gasteiger partial charge in [-0.3, -0.25) is 4.79 Å². The molecule has 1 aliphatic heterocycles. The van der Waals surface area contributed by atoms with Crippen LogP contribution in [0.1, 0.15) is 32.1 Å². The first kappa shape index (κ1) is 22.0. The quantitative estimate of drug-likeness (QED) is 0.614. The minimum Gasteiger partial charge on any atom is -0.362 e. The zero-order valence-corrected chi connectivity index (χ0v) is 18.9. The van der Waals surface area contributed by atoms with Crippen molar-refractivity contribution in [1.29, 1.82) is 0 Å². The Morgan fingerprint density at radius 1 is 1.12 bits per heavy atom. The second-order valence-electron chi connectivity index (χ2n) is 7.97. The molecule has 4 rings (SSSR count). The fourth-order valence-corrected chi connectivity index (χ4v) is 4.94. The monoisotopic (exact) mass is 453 g/mol. The number of likely N-dealkylation sites (tertiary alicyclic amines) is 1. The Kier molecular flexibility index (Phi) is 6.55. The molecule has 0 radical (unpaired) electrons. The van der Waals surface area contributed by atoms with Crippen molar-refractivity contribution in [3.63, 3.8) is 0 Å². The number of nitrogens with one attached hydrogen (secondary N) is 1. The van der Waals surface area contributed by atoms with E-state index in [0.717, 1.165) is 36.8 Å². The van der Waals surface area contributed by atoms with E-state index in [-0.39, 0.29) is 17.2 Å². The van der Waals surface area contributed by atoms with Crippen LogP contribution in [0.15, 0.2) is 64.2 Å². The summed E-state index contributed by atoms with van der Waals surface area (Å²) in [6.07, 6.45) is 5.64. The molecule has 8 nitrogen and oxygen atoms in total. The number of carbonyl (C=O) groups is 1. The summed E-state index contributed by atoms with van der Waals surface area (Å²) in [5.41, 5.74) is 2.28. The number of hydrogen-bond donors (Lipinski definition) is 1. The van der Waals surface area contributed by atoms with Crippen LogP contribution in [0.5, 0.6) is 0 Å². The molecule has 1 N–H and O–H groups in total. The topological polar surface area (TPSA) is 96.7 Å². The number of para-hydroxylation sites is 2. The molecule has 0 bridgehead atoms. The van der Waals surface area contributed by atoms with Gasteiger partial charge in [-0.1, -0.05) is 24.6 Å². The number of fused-ring (bicyclic) bond motifs is 1. The first-order valence-electron chi connectivity index (χ1n) is 10.8. The largest absolute Gasteiger partial charge is 0.362 e. The van der Waals surface area contributed by atoms with Crippen LogP contribution in [0.4, 0.5) is 5.69 Å². The van der Waals surface area contributed by atoms with Crippen molar-refractivity contribution < 1.29 is 13.2 Å². The Labute approximate surface area is 188 Å². The summed E-state index contributed by atoms with van der Waals surface area (Å²) in [7, 11) is -1.98. The number of amidine groups is 1. The van der Waals surface area contributed by atoms with Gasteiger partial charge in [-0.2, -0.15) is 8.42 Å². The molecular weight excluding hydrogens is 426 g/mol. The predicted octanol–water partition coefficient (Wildman–Crippen LogP) is 3.66. The second kappa shape index (κ2) is 9.52. The van der Waals surface area contributed by atoms with Crippen molar-refractivity contribution >= 4 is 38.5 Å². The van der Waals surface area contributed by atoms with Gasteiger partial charge in [0.2, 0.25) is 5.91 Å². The van der Waals surface area contributed by atoms with Gasteiger partial charge in [-0.05, 0) is 43.2 Å². The molecule has 9 heteroatoms. The average molecular weight is 454 g/mol. The number of anilines is 1. The number of imidazole rings is 1. The summed E-state index contributed by atoms with van der Waals surface area (Å²) in [6, 6.07) is 14.0. The maximum Gasteiger partial charge on any atom is 0.284 e. The molecule has 0 spiro atoms. The van der Waals surface area contributed by atoms with Gasteiger partial charge in [0.1, 0.15) is 5.84 Å². The maximum atomic E-state index is 12.9. The molecule has 0 atom stereocenters. The predicted molar refractivity (Wildman–Crippen MR) is 125 cm³/mol. The van der Waals surface area contributed by atoms with Crippen molar-refractivity contribution in [3.8, 4) is 0 Å². The highest BCUT2D eigenvalue weighted by Crippen LogP contribution is 2.20. The Bertz CT molecular complexity index is 1250. The van der Waals surface area contributed by atoms with Crippen LogP contribution in [-0.2, 0) is 21.4 Å². The number of aromatic nitrogens is 2. The number of aryl methyl sites for hydroxylation is 1. The van der Waals surface area contributed by atoms with Crippen LogP contribution in [0.25, 0.3) is 11.0 Å². The van der Waals surface area contributed by atoms with E-state index in [1.165, 1.54) is 12.1 Å². The number of nitrogens with zero attached hydrogens (tertiary/aromatic N) is 4. The third kappa shape index (κ3) is 5.16. The first-order chi connectivity index (χ1) is 15.4. The highest BCUT2D eigenvalue weighted by molar-refractivity contribution is 7.90. The minimum atomic E-state index is -3.86. The zero-order chi connectivity index (χ0) is 22.6. The van der Waals surface area contributed by atoms with Gasteiger partial charge in [0.05, 0.1) is 22.3 Å². The van der Waals surface area contributed by atoms with E-state index < -0.39 is 10.0 Å². The van der Waals surface area contributed by atoms with Gasteiger partial charge >= 0.3 is 0 Å². The van der Waals surface area contributed by atoms with Crippen molar-refractivity contribution in [1.82, 2.24) is 14.5 Å². The van der Waals surface area contributed by atoms with Crippen LogP contribution >= 0.6 is 0 Å². The standard InChI is InChI=1S/C23H27N5O3S/c1-27-14-6-2-3-12-22(27)26-32(30,31)19-9-7-8-18(16-19)25-23(29)13-15-28-17-24-20-10-4-5-11-21(20)28/h4-5,7-11,16-17H,2-3,6,12-15H2,1H3,(H,25,29)/b26-22-. The van der Waals surface area contributed by atoms with Crippen LogP contribution < -0.4 is 5.32 Å². The molecule has 2 heterocycles. The summed E-state index contributed by atoms with van der Waals surface area (Å²) in [5, 5.41) is 2.79. The molecule has 1 amide bonds. The van der Waals surface area contributed by atoms with Gasteiger partial charge in [-0.15, -0.1) is 4.40 Å². The SMILES string of the molecule is CN1CCCCC/C1=N/S(=O)(=O)c1cccc(NC(=O)CCn2cnc3ccccc32)c1. The zero-order valence-electron chi connectivity index (χ0n) is 18.1. The summed E-state index contributed by atoms with van der Waals surface area (Å²) in [4.78, 5) is 18.8. The molecule has 0 aliphatic carbocycles. The minimum absolute atomic E-state index is 0.0704. The molecule has 3 aromatic rings. The summed E-state index contributed by atoms with van der Waals surface area (Å²) in [6.45, 7) is 1.28. The Morgan fingerprint density at radius 2 is 1.97 bits per heavy atom. The lowest BCUT2D eigenvalue weighted by molar-refractivity contribution is -0.116. The lowest BCUT2D eigenvalue weighted by atomic mass is 10.2. The Morgan fingerprint density at radius 3 is 2.84 bits per heavy atom. The van der Waals surface area contributed by atoms with E-state index in [1.807, 2.05) is 40.8 Å². The van der Waals surface area contributed by atoms with E-state index >= 15 is 0 Å². The van der Waals surface area contributed by atoms with E-state index in [4.69, 9.17) is 0 Å². The molecule has 32 heavy (non-hydrogen) atoms. The summed E-state index contributed by atoms with van der Waals surface area (Å²) < 4.78 is 31.7. The highest BCUT2D eigenvalue weighted by atomic mass is 32.2. The number of benzene rings is 2. The van der Waals surface area contributed by atoms with E-state index in [0.29, 0.717) is 24.5 Å². The van der Waals surface area contributed by atoms with E-state index in [9.17, 15) is 13.2 Å². The number of hydrogen-bond acceptors (Lipinski definition) is 4. The number of amides is 1. The number of sulfonamides is 1. The molecule has 1 aliphatic rings. The molecular formula is C23H27N5O3S. The molecule has 0 unspecified atom stereocenters. The summed E-state index contributed by atoms with van der Waals surface area (Å²) >= 11 is 0.